The van der Waals surface area contributed by atoms with E-state index in [1.165, 1.54) is 5.56 Å². The van der Waals surface area contributed by atoms with E-state index in [4.69, 9.17) is 5.73 Å². The zero-order chi connectivity index (χ0) is 15.2. The molecule has 0 aliphatic carbocycles. The van der Waals surface area contributed by atoms with Crippen LogP contribution in [0.2, 0.25) is 0 Å². The monoisotopic (exact) mass is 282 g/mol. The predicted octanol–water partition coefficient (Wildman–Crippen LogP) is 2.87. The Morgan fingerprint density at radius 1 is 1.10 bits per heavy atom. The van der Waals surface area contributed by atoms with Gasteiger partial charge in [0.25, 0.3) is 0 Å². The van der Waals surface area contributed by atoms with E-state index in [9.17, 15) is 4.79 Å². The van der Waals surface area contributed by atoms with Gasteiger partial charge in [0.2, 0.25) is 5.91 Å². The molecule has 3 nitrogen and oxygen atoms in total. The van der Waals surface area contributed by atoms with Gasteiger partial charge in [-0.3, -0.25) is 4.79 Å². The Hall–Kier alpha value is -2.13. The molecule has 0 bridgehead atoms. The molecule has 2 rings (SSSR count). The molecule has 2 aromatic rings. The van der Waals surface area contributed by atoms with Crippen LogP contribution >= 0.6 is 0 Å². The smallest absolute Gasteiger partial charge is 0.224 e. The molecule has 3 N–H and O–H groups in total. The molecular weight excluding hydrogens is 260 g/mol. The molecule has 0 radical (unpaired) electrons. The maximum atomic E-state index is 12.2. The number of hydrogen-bond donors (Lipinski definition) is 2. The predicted molar refractivity (Wildman–Crippen MR) is 85.8 cm³/mol. The second kappa shape index (κ2) is 7.04. The van der Waals surface area contributed by atoms with Crippen molar-refractivity contribution < 1.29 is 4.79 Å². The number of rotatable bonds is 5. The average Bonchev–Trinajstić information content (AvgIpc) is 2.48. The minimum absolute atomic E-state index is 0.00291. The third-order valence-electron chi connectivity index (χ3n) is 3.64. The number of hydrogen-bond acceptors (Lipinski definition) is 2. The van der Waals surface area contributed by atoms with E-state index in [-0.39, 0.29) is 11.9 Å². The molecule has 3 heteroatoms. The maximum Gasteiger partial charge on any atom is 0.224 e. The van der Waals surface area contributed by atoms with Gasteiger partial charge in [-0.05, 0) is 30.5 Å². The lowest BCUT2D eigenvalue weighted by molar-refractivity contribution is -0.121. The van der Waals surface area contributed by atoms with E-state index in [0.717, 1.165) is 16.7 Å². The Labute approximate surface area is 126 Å². The summed E-state index contributed by atoms with van der Waals surface area (Å²) >= 11 is 0. The summed E-state index contributed by atoms with van der Waals surface area (Å²) in [4.78, 5) is 12.2. The van der Waals surface area contributed by atoms with Crippen LogP contribution in [0.5, 0.6) is 0 Å². The first-order valence-electron chi connectivity index (χ1n) is 7.23. The molecule has 1 atom stereocenters. The van der Waals surface area contributed by atoms with Gasteiger partial charge in [-0.1, -0.05) is 54.1 Å². The van der Waals surface area contributed by atoms with Crippen molar-refractivity contribution in [2.24, 2.45) is 5.73 Å². The third kappa shape index (κ3) is 4.17. The van der Waals surface area contributed by atoms with Crippen LogP contribution in [0.4, 0.5) is 0 Å². The molecule has 0 aliphatic heterocycles. The zero-order valence-corrected chi connectivity index (χ0v) is 12.6. The molecule has 0 saturated heterocycles. The fourth-order valence-corrected chi connectivity index (χ4v) is 2.33. The highest BCUT2D eigenvalue weighted by molar-refractivity contribution is 5.79. The second-order valence-corrected chi connectivity index (χ2v) is 5.35. The Morgan fingerprint density at radius 2 is 1.71 bits per heavy atom. The van der Waals surface area contributed by atoms with Crippen LogP contribution in [0.25, 0.3) is 0 Å². The number of benzene rings is 2. The fraction of sp³-hybridized carbons (Fsp3) is 0.278. The maximum absolute atomic E-state index is 12.2. The van der Waals surface area contributed by atoms with Crippen LogP contribution in [0.15, 0.2) is 48.5 Å². The molecule has 0 spiro atoms. The first kappa shape index (κ1) is 15.3. The van der Waals surface area contributed by atoms with Crippen LogP contribution in [0.1, 0.15) is 35.2 Å². The molecule has 0 unspecified atom stereocenters. The molecule has 0 aromatic heterocycles. The normalized spacial score (nSPS) is 12.0. The Balaban J connectivity index is 1.99. The lowest BCUT2D eigenvalue weighted by Gasteiger charge is -2.15. The van der Waals surface area contributed by atoms with Gasteiger partial charge in [0.05, 0.1) is 12.5 Å². The summed E-state index contributed by atoms with van der Waals surface area (Å²) in [6.07, 6.45) is 0.365. The summed E-state index contributed by atoms with van der Waals surface area (Å²) in [5.41, 5.74) is 10.0. The standard InChI is InChI=1S/C18H22N2O/c1-13-7-9-15(10-8-13)14(2)20-18(21)11-16-5-3-4-6-17(16)12-19/h3-10,14H,11-12,19H2,1-2H3,(H,20,21)/t14-/m0/s1. The van der Waals surface area contributed by atoms with Crippen molar-refractivity contribution >= 4 is 5.91 Å². The molecule has 21 heavy (non-hydrogen) atoms. The first-order valence-corrected chi connectivity index (χ1v) is 7.23. The van der Waals surface area contributed by atoms with Crippen LogP contribution < -0.4 is 11.1 Å². The first-order chi connectivity index (χ1) is 10.1. The van der Waals surface area contributed by atoms with Crippen molar-refractivity contribution in [3.05, 3.63) is 70.8 Å². The van der Waals surface area contributed by atoms with Crippen molar-refractivity contribution in [1.82, 2.24) is 5.32 Å². The summed E-state index contributed by atoms with van der Waals surface area (Å²) < 4.78 is 0. The van der Waals surface area contributed by atoms with Gasteiger partial charge >= 0.3 is 0 Å². The van der Waals surface area contributed by atoms with Crippen molar-refractivity contribution in [3.8, 4) is 0 Å². The Bertz CT molecular complexity index is 605. The van der Waals surface area contributed by atoms with E-state index >= 15 is 0 Å². The highest BCUT2D eigenvalue weighted by Crippen LogP contribution is 2.14. The largest absolute Gasteiger partial charge is 0.349 e. The van der Waals surface area contributed by atoms with E-state index < -0.39 is 0 Å². The van der Waals surface area contributed by atoms with Gasteiger partial charge in [-0.15, -0.1) is 0 Å². The van der Waals surface area contributed by atoms with E-state index in [1.807, 2.05) is 43.3 Å². The van der Waals surface area contributed by atoms with Gasteiger partial charge < -0.3 is 11.1 Å². The number of nitrogens with one attached hydrogen (secondary N) is 1. The lowest BCUT2D eigenvalue weighted by Crippen LogP contribution is -2.28. The van der Waals surface area contributed by atoms with E-state index in [1.54, 1.807) is 0 Å². The van der Waals surface area contributed by atoms with Crippen molar-refractivity contribution in [2.75, 3.05) is 0 Å². The molecular formula is C18H22N2O. The SMILES string of the molecule is Cc1ccc([C@H](C)NC(=O)Cc2ccccc2CN)cc1. The number of carbonyl (C=O) groups is 1. The third-order valence-corrected chi connectivity index (χ3v) is 3.64. The summed E-state index contributed by atoms with van der Waals surface area (Å²) in [6.45, 7) is 4.51. The minimum atomic E-state index is 0.00291. The van der Waals surface area contributed by atoms with Gasteiger partial charge in [0.15, 0.2) is 0 Å². The summed E-state index contributed by atoms with van der Waals surface area (Å²) in [6, 6.07) is 16.0. The van der Waals surface area contributed by atoms with Gasteiger partial charge in [0.1, 0.15) is 0 Å². The number of carbonyl (C=O) groups excluding carboxylic acids is 1. The molecule has 2 aromatic carbocycles. The second-order valence-electron chi connectivity index (χ2n) is 5.35. The highest BCUT2D eigenvalue weighted by Gasteiger charge is 2.11. The van der Waals surface area contributed by atoms with Crippen molar-refractivity contribution in [2.45, 2.75) is 32.9 Å². The van der Waals surface area contributed by atoms with Gasteiger partial charge in [-0.25, -0.2) is 0 Å². The number of amides is 1. The van der Waals surface area contributed by atoms with E-state index in [0.29, 0.717) is 13.0 Å². The average molecular weight is 282 g/mol. The molecule has 0 saturated carbocycles. The molecule has 0 fully saturated rings. The number of nitrogens with two attached hydrogens (primary N) is 1. The zero-order valence-electron chi connectivity index (χ0n) is 12.6. The van der Waals surface area contributed by atoms with E-state index in [2.05, 4.69) is 24.4 Å². The van der Waals surface area contributed by atoms with Crippen LogP contribution in [-0.2, 0) is 17.8 Å². The van der Waals surface area contributed by atoms with Gasteiger partial charge in [0, 0.05) is 6.54 Å². The topological polar surface area (TPSA) is 55.1 Å². The van der Waals surface area contributed by atoms with Gasteiger partial charge in [-0.2, -0.15) is 0 Å². The van der Waals surface area contributed by atoms with Crippen LogP contribution in [0, 0.1) is 6.92 Å². The summed E-state index contributed by atoms with van der Waals surface area (Å²) in [5, 5.41) is 3.04. The Kier molecular flexibility index (Phi) is 5.12. The Morgan fingerprint density at radius 3 is 2.33 bits per heavy atom. The molecule has 0 heterocycles. The summed E-state index contributed by atoms with van der Waals surface area (Å²) in [5.74, 6) is 0.0176. The molecule has 1 amide bonds. The summed E-state index contributed by atoms with van der Waals surface area (Å²) in [7, 11) is 0. The minimum Gasteiger partial charge on any atom is -0.349 e. The van der Waals surface area contributed by atoms with Crippen LogP contribution in [-0.4, -0.2) is 5.91 Å². The van der Waals surface area contributed by atoms with Crippen molar-refractivity contribution in [3.63, 3.8) is 0 Å². The lowest BCUT2D eigenvalue weighted by atomic mass is 10.0. The quantitative estimate of drug-likeness (QED) is 0.886. The molecule has 110 valence electrons. The molecule has 0 aliphatic rings. The van der Waals surface area contributed by atoms with Crippen molar-refractivity contribution in [1.29, 1.82) is 0 Å². The highest BCUT2D eigenvalue weighted by atomic mass is 16.1. The number of aryl methyl sites for hydroxylation is 1. The van der Waals surface area contributed by atoms with Crippen LogP contribution in [0.3, 0.4) is 0 Å². The fourth-order valence-electron chi connectivity index (χ4n) is 2.33.